The van der Waals surface area contributed by atoms with E-state index in [1.165, 1.54) is 44.9 Å². The van der Waals surface area contributed by atoms with Crippen LogP contribution in [0, 0.1) is 0 Å². The lowest BCUT2D eigenvalue weighted by molar-refractivity contribution is 0.0293. The second kappa shape index (κ2) is 8.12. The Balaban J connectivity index is 1.95. The molecule has 0 aromatic rings. The Morgan fingerprint density at radius 1 is 1.13 bits per heavy atom. The van der Waals surface area contributed by atoms with Gasteiger partial charge < -0.3 is 10.1 Å². The van der Waals surface area contributed by atoms with E-state index in [0.29, 0.717) is 12.1 Å². The number of hydrogen-bond donors (Lipinski definition) is 1. The molecular formula is C13H27NO. The van der Waals surface area contributed by atoms with Gasteiger partial charge in [0.2, 0.25) is 0 Å². The summed E-state index contributed by atoms with van der Waals surface area (Å²) in [5.41, 5.74) is 0. The molecule has 0 aromatic carbocycles. The van der Waals surface area contributed by atoms with E-state index in [4.69, 9.17) is 4.74 Å². The monoisotopic (exact) mass is 213 g/mol. The van der Waals surface area contributed by atoms with E-state index < -0.39 is 0 Å². The first-order valence-corrected chi connectivity index (χ1v) is 6.71. The molecule has 1 aliphatic rings. The highest BCUT2D eigenvalue weighted by Crippen LogP contribution is 2.19. The second-order valence-electron chi connectivity index (χ2n) is 4.60. The molecule has 0 spiro atoms. The van der Waals surface area contributed by atoms with Crippen LogP contribution < -0.4 is 5.32 Å². The largest absolute Gasteiger partial charge is 0.377 e. The van der Waals surface area contributed by atoms with Gasteiger partial charge in [0.05, 0.1) is 12.7 Å². The SMILES string of the molecule is CCC(CC)NCCOC1CCCCC1. The first-order valence-electron chi connectivity index (χ1n) is 6.71. The highest BCUT2D eigenvalue weighted by molar-refractivity contribution is 4.66. The predicted octanol–water partition coefficient (Wildman–Crippen LogP) is 3.11. The summed E-state index contributed by atoms with van der Waals surface area (Å²) < 4.78 is 5.86. The average molecular weight is 213 g/mol. The van der Waals surface area contributed by atoms with E-state index in [9.17, 15) is 0 Å². The highest BCUT2D eigenvalue weighted by Gasteiger charge is 2.13. The maximum absolute atomic E-state index is 5.86. The molecule has 1 rings (SSSR count). The molecule has 15 heavy (non-hydrogen) atoms. The number of ether oxygens (including phenoxy) is 1. The van der Waals surface area contributed by atoms with Gasteiger partial charge in [0.25, 0.3) is 0 Å². The van der Waals surface area contributed by atoms with Crippen LogP contribution in [-0.4, -0.2) is 25.3 Å². The normalized spacial score (nSPS) is 18.6. The Labute approximate surface area is 94.8 Å². The molecule has 2 nitrogen and oxygen atoms in total. The van der Waals surface area contributed by atoms with Gasteiger partial charge in [-0.2, -0.15) is 0 Å². The molecule has 0 unspecified atom stereocenters. The van der Waals surface area contributed by atoms with Gasteiger partial charge in [0, 0.05) is 12.6 Å². The Morgan fingerprint density at radius 3 is 2.40 bits per heavy atom. The fraction of sp³-hybridized carbons (Fsp3) is 1.00. The summed E-state index contributed by atoms with van der Waals surface area (Å²) in [6, 6.07) is 0.681. The Morgan fingerprint density at radius 2 is 1.80 bits per heavy atom. The van der Waals surface area contributed by atoms with E-state index in [1.54, 1.807) is 0 Å². The molecule has 90 valence electrons. The van der Waals surface area contributed by atoms with Crippen LogP contribution in [0.3, 0.4) is 0 Å². The van der Waals surface area contributed by atoms with Gasteiger partial charge in [-0.25, -0.2) is 0 Å². The lowest BCUT2D eigenvalue weighted by Crippen LogP contribution is -2.32. The quantitative estimate of drug-likeness (QED) is 0.656. The van der Waals surface area contributed by atoms with E-state index in [1.807, 2.05) is 0 Å². The van der Waals surface area contributed by atoms with Crippen LogP contribution >= 0.6 is 0 Å². The van der Waals surface area contributed by atoms with E-state index in [2.05, 4.69) is 19.2 Å². The minimum Gasteiger partial charge on any atom is -0.377 e. The average Bonchev–Trinajstić information content (AvgIpc) is 2.31. The molecule has 0 aromatic heterocycles. The Bertz CT molecular complexity index is 139. The summed E-state index contributed by atoms with van der Waals surface area (Å²) >= 11 is 0. The van der Waals surface area contributed by atoms with Crippen molar-refractivity contribution in [3.05, 3.63) is 0 Å². The maximum Gasteiger partial charge on any atom is 0.0594 e. The molecular weight excluding hydrogens is 186 g/mol. The molecule has 0 atom stereocenters. The first kappa shape index (κ1) is 13.0. The molecule has 0 heterocycles. The number of nitrogens with one attached hydrogen (secondary N) is 1. The Hall–Kier alpha value is -0.0800. The van der Waals surface area contributed by atoms with Gasteiger partial charge >= 0.3 is 0 Å². The van der Waals surface area contributed by atoms with Crippen LogP contribution in [0.2, 0.25) is 0 Å². The fourth-order valence-electron chi connectivity index (χ4n) is 2.30. The van der Waals surface area contributed by atoms with Crippen LogP contribution in [0.15, 0.2) is 0 Å². The summed E-state index contributed by atoms with van der Waals surface area (Å²) in [5, 5.41) is 3.53. The van der Waals surface area contributed by atoms with Crippen molar-refractivity contribution in [1.82, 2.24) is 5.32 Å². The molecule has 2 heteroatoms. The highest BCUT2D eigenvalue weighted by atomic mass is 16.5. The summed E-state index contributed by atoms with van der Waals surface area (Å²) in [6.07, 6.45) is 9.71. The fourth-order valence-corrected chi connectivity index (χ4v) is 2.30. The molecule has 0 bridgehead atoms. The van der Waals surface area contributed by atoms with Gasteiger partial charge in [0.15, 0.2) is 0 Å². The topological polar surface area (TPSA) is 21.3 Å². The van der Waals surface area contributed by atoms with Crippen molar-refractivity contribution in [3.63, 3.8) is 0 Å². The van der Waals surface area contributed by atoms with E-state index >= 15 is 0 Å². The van der Waals surface area contributed by atoms with Crippen molar-refractivity contribution >= 4 is 0 Å². The van der Waals surface area contributed by atoms with Crippen molar-refractivity contribution in [2.45, 2.75) is 70.9 Å². The summed E-state index contributed by atoms with van der Waals surface area (Å²) in [6.45, 7) is 6.39. The predicted molar refractivity (Wildman–Crippen MR) is 65.2 cm³/mol. The van der Waals surface area contributed by atoms with Crippen molar-refractivity contribution in [1.29, 1.82) is 0 Å². The lowest BCUT2D eigenvalue weighted by Gasteiger charge is -2.22. The first-order chi connectivity index (χ1) is 7.36. The van der Waals surface area contributed by atoms with Crippen LogP contribution in [0.1, 0.15) is 58.8 Å². The second-order valence-corrected chi connectivity index (χ2v) is 4.60. The standard InChI is InChI=1S/C13H27NO/c1-3-12(4-2)14-10-11-15-13-8-6-5-7-9-13/h12-14H,3-11H2,1-2H3. The van der Waals surface area contributed by atoms with Crippen molar-refractivity contribution in [2.75, 3.05) is 13.2 Å². The Kier molecular flexibility index (Phi) is 7.03. The van der Waals surface area contributed by atoms with Crippen molar-refractivity contribution in [3.8, 4) is 0 Å². The molecule has 0 amide bonds. The van der Waals surface area contributed by atoms with Crippen LogP contribution in [0.25, 0.3) is 0 Å². The van der Waals surface area contributed by atoms with Gasteiger partial charge in [-0.3, -0.25) is 0 Å². The smallest absolute Gasteiger partial charge is 0.0594 e. The van der Waals surface area contributed by atoms with Gasteiger partial charge in [0.1, 0.15) is 0 Å². The molecule has 0 radical (unpaired) electrons. The van der Waals surface area contributed by atoms with Crippen molar-refractivity contribution < 1.29 is 4.74 Å². The zero-order valence-corrected chi connectivity index (χ0v) is 10.4. The van der Waals surface area contributed by atoms with Gasteiger partial charge in [-0.05, 0) is 25.7 Å². The summed E-state index contributed by atoms with van der Waals surface area (Å²) in [7, 11) is 0. The molecule has 1 aliphatic carbocycles. The summed E-state index contributed by atoms with van der Waals surface area (Å²) in [4.78, 5) is 0. The van der Waals surface area contributed by atoms with E-state index in [-0.39, 0.29) is 0 Å². The van der Waals surface area contributed by atoms with E-state index in [0.717, 1.165) is 13.2 Å². The zero-order valence-electron chi connectivity index (χ0n) is 10.4. The third kappa shape index (κ3) is 5.53. The lowest BCUT2D eigenvalue weighted by atomic mass is 9.98. The van der Waals surface area contributed by atoms with Crippen LogP contribution in [0.4, 0.5) is 0 Å². The molecule has 1 fully saturated rings. The number of hydrogen-bond acceptors (Lipinski definition) is 2. The maximum atomic E-state index is 5.86. The molecule has 1 N–H and O–H groups in total. The minimum atomic E-state index is 0.558. The van der Waals surface area contributed by atoms with Crippen LogP contribution in [-0.2, 0) is 4.74 Å². The van der Waals surface area contributed by atoms with Gasteiger partial charge in [-0.15, -0.1) is 0 Å². The third-order valence-corrected chi connectivity index (χ3v) is 3.43. The molecule has 0 aliphatic heterocycles. The number of rotatable bonds is 7. The molecule has 1 saturated carbocycles. The minimum absolute atomic E-state index is 0.558. The zero-order chi connectivity index (χ0) is 10.9. The van der Waals surface area contributed by atoms with Gasteiger partial charge in [-0.1, -0.05) is 33.1 Å². The van der Waals surface area contributed by atoms with Crippen LogP contribution in [0.5, 0.6) is 0 Å². The molecule has 0 saturated heterocycles. The van der Waals surface area contributed by atoms with Crippen molar-refractivity contribution in [2.24, 2.45) is 0 Å². The third-order valence-electron chi connectivity index (χ3n) is 3.43. The summed E-state index contributed by atoms with van der Waals surface area (Å²) in [5.74, 6) is 0.